The molecule has 226 valence electrons. The van der Waals surface area contributed by atoms with Crippen LogP contribution in [0, 0.1) is 20.8 Å². The first-order chi connectivity index (χ1) is 20.0. The van der Waals surface area contributed by atoms with Gasteiger partial charge in [-0.3, -0.25) is 0 Å². The molecule has 0 aliphatic heterocycles. The van der Waals surface area contributed by atoms with Crippen molar-refractivity contribution in [1.82, 2.24) is 9.97 Å². The molecule has 0 aliphatic carbocycles. The van der Waals surface area contributed by atoms with Gasteiger partial charge in [-0.1, -0.05) is 12.1 Å². The van der Waals surface area contributed by atoms with Crippen LogP contribution in [0.15, 0.2) is 30.3 Å². The molecule has 0 saturated heterocycles. The summed E-state index contributed by atoms with van der Waals surface area (Å²) in [4.78, 5) is 10.1. The standard InChI is InChI=1S/C31H44N2O8/c1-23-5-6-24(2)30-29(23)32-27(22-40-18-17-38-14-13-36-10-9-34)31(33-30)26-7-8-28(25(3)21-26)41-20-19-39-16-15-37-12-11-35-4/h5-8,21,34H,9-20,22H2,1-4H3. The second kappa shape index (κ2) is 18.7. The van der Waals surface area contributed by atoms with Crippen LogP contribution in [0.3, 0.4) is 0 Å². The smallest absolute Gasteiger partial charge is 0.122 e. The number of hydrogen-bond acceptors (Lipinski definition) is 10. The van der Waals surface area contributed by atoms with Crippen molar-refractivity contribution in [2.45, 2.75) is 27.4 Å². The summed E-state index contributed by atoms with van der Waals surface area (Å²) in [6, 6.07) is 10.2. The van der Waals surface area contributed by atoms with Crippen molar-refractivity contribution < 1.29 is 38.3 Å². The summed E-state index contributed by atoms with van der Waals surface area (Å²) in [5, 5.41) is 8.75. The van der Waals surface area contributed by atoms with Crippen LogP contribution in [0.25, 0.3) is 22.3 Å². The zero-order chi connectivity index (χ0) is 29.3. The summed E-state index contributed by atoms with van der Waals surface area (Å²) in [5.41, 5.74) is 7.41. The van der Waals surface area contributed by atoms with Gasteiger partial charge in [0.25, 0.3) is 0 Å². The lowest BCUT2D eigenvalue weighted by Crippen LogP contribution is -2.12. The van der Waals surface area contributed by atoms with Crippen molar-refractivity contribution in [1.29, 1.82) is 0 Å². The van der Waals surface area contributed by atoms with E-state index in [0.29, 0.717) is 79.3 Å². The highest BCUT2D eigenvalue weighted by Crippen LogP contribution is 2.30. The minimum atomic E-state index is 0.00792. The van der Waals surface area contributed by atoms with Crippen molar-refractivity contribution in [3.63, 3.8) is 0 Å². The predicted molar refractivity (Wildman–Crippen MR) is 157 cm³/mol. The van der Waals surface area contributed by atoms with E-state index in [4.69, 9.17) is 48.2 Å². The van der Waals surface area contributed by atoms with E-state index in [0.717, 1.165) is 50.4 Å². The maximum absolute atomic E-state index is 8.75. The first-order valence-electron chi connectivity index (χ1n) is 14.0. The normalized spacial score (nSPS) is 11.4. The van der Waals surface area contributed by atoms with Crippen molar-refractivity contribution in [2.75, 3.05) is 86.4 Å². The number of ether oxygens (including phenoxy) is 7. The number of nitrogens with zero attached hydrogens (tertiary/aromatic N) is 2. The Kier molecular flexibility index (Phi) is 14.9. The highest BCUT2D eigenvalue weighted by atomic mass is 16.6. The Morgan fingerprint density at radius 3 is 1.78 bits per heavy atom. The Labute approximate surface area is 242 Å². The van der Waals surface area contributed by atoms with Crippen LogP contribution in [0.4, 0.5) is 0 Å². The van der Waals surface area contributed by atoms with Crippen LogP contribution in [0.2, 0.25) is 0 Å². The van der Waals surface area contributed by atoms with E-state index in [1.165, 1.54) is 0 Å². The molecule has 2 aromatic carbocycles. The van der Waals surface area contributed by atoms with Crippen LogP contribution >= 0.6 is 0 Å². The number of methoxy groups -OCH3 is 1. The molecule has 3 rings (SSSR count). The number of aromatic nitrogens is 2. The summed E-state index contributed by atoms with van der Waals surface area (Å²) in [5.74, 6) is 0.799. The number of fused-ring (bicyclic) bond motifs is 1. The minimum Gasteiger partial charge on any atom is -0.491 e. The fourth-order valence-corrected chi connectivity index (χ4v) is 4.07. The molecule has 1 N–H and O–H groups in total. The van der Waals surface area contributed by atoms with E-state index in [-0.39, 0.29) is 6.61 Å². The van der Waals surface area contributed by atoms with Gasteiger partial charge in [0.1, 0.15) is 12.4 Å². The minimum absolute atomic E-state index is 0.00792. The van der Waals surface area contributed by atoms with Crippen LogP contribution in [0.1, 0.15) is 22.4 Å². The maximum atomic E-state index is 8.75. The number of aliphatic hydroxyl groups is 1. The molecule has 1 heterocycles. The van der Waals surface area contributed by atoms with Crippen molar-refractivity contribution in [3.05, 3.63) is 52.7 Å². The lowest BCUT2D eigenvalue weighted by Gasteiger charge is -2.15. The van der Waals surface area contributed by atoms with Crippen LogP contribution in [0.5, 0.6) is 5.75 Å². The van der Waals surface area contributed by atoms with Crippen molar-refractivity contribution >= 4 is 11.0 Å². The van der Waals surface area contributed by atoms with E-state index in [9.17, 15) is 0 Å². The fraction of sp³-hybridized carbons (Fsp3) is 0.548. The summed E-state index contributed by atoms with van der Waals surface area (Å²) < 4.78 is 38.6. The molecule has 3 aromatic rings. The molecule has 0 bridgehead atoms. The Balaban J connectivity index is 1.62. The van der Waals surface area contributed by atoms with E-state index in [1.807, 2.05) is 32.9 Å². The van der Waals surface area contributed by atoms with Gasteiger partial charge >= 0.3 is 0 Å². The topological polar surface area (TPSA) is 111 Å². The molecular weight excluding hydrogens is 528 g/mol. The van der Waals surface area contributed by atoms with Gasteiger partial charge in [0, 0.05) is 12.7 Å². The Morgan fingerprint density at radius 2 is 1.17 bits per heavy atom. The van der Waals surface area contributed by atoms with Gasteiger partial charge in [-0.25, -0.2) is 9.97 Å². The van der Waals surface area contributed by atoms with Gasteiger partial charge in [-0.15, -0.1) is 0 Å². The molecule has 0 aliphatic rings. The fourth-order valence-electron chi connectivity index (χ4n) is 4.07. The summed E-state index contributed by atoms with van der Waals surface area (Å²) in [6.45, 7) is 11.6. The second-order valence-electron chi connectivity index (χ2n) is 9.46. The van der Waals surface area contributed by atoms with Gasteiger partial charge in [0.2, 0.25) is 0 Å². The molecule has 0 spiro atoms. The van der Waals surface area contributed by atoms with Gasteiger partial charge in [0.05, 0.1) is 102 Å². The first kappa shape index (κ1) is 32.8. The predicted octanol–water partition coefficient (Wildman–Crippen LogP) is 3.82. The van der Waals surface area contributed by atoms with Crippen LogP contribution in [-0.2, 0) is 35.0 Å². The Morgan fingerprint density at radius 1 is 0.610 bits per heavy atom. The zero-order valence-corrected chi connectivity index (χ0v) is 24.8. The number of hydrogen-bond donors (Lipinski definition) is 1. The third-order valence-electron chi connectivity index (χ3n) is 6.25. The van der Waals surface area contributed by atoms with Crippen LogP contribution in [-0.4, -0.2) is 101 Å². The van der Waals surface area contributed by atoms with E-state index >= 15 is 0 Å². The Hall–Kier alpha value is -2.70. The number of rotatable bonds is 21. The van der Waals surface area contributed by atoms with Crippen molar-refractivity contribution in [2.24, 2.45) is 0 Å². The molecule has 0 saturated carbocycles. The lowest BCUT2D eigenvalue weighted by atomic mass is 10.0. The third kappa shape index (κ3) is 10.9. The number of aryl methyl sites for hydroxylation is 3. The highest BCUT2D eigenvalue weighted by molar-refractivity contribution is 5.84. The highest BCUT2D eigenvalue weighted by Gasteiger charge is 2.15. The first-order valence-corrected chi connectivity index (χ1v) is 14.0. The number of benzene rings is 2. The van der Waals surface area contributed by atoms with Crippen LogP contribution < -0.4 is 4.74 Å². The lowest BCUT2D eigenvalue weighted by molar-refractivity contribution is 0.00411. The number of aliphatic hydroxyl groups excluding tert-OH is 1. The average molecular weight is 573 g/mol. The molecule has 1 aromatic heterocycles. The summed E-state index contributed by atoms with van der Waals surface area (Å²) in [7, 11) is 1.65. The molecule has 10 heteroatoms. The average Bonchev–Trinajstić information content (AvgIpc) is 2.98. The van der Waals surface area contributed by atoms with Gasteiger partial charge < -0.3 is 38.3 Å². The molecule has 0 atom stereocenters. The third-order valence-corrected chi connectivity index (χ3v) is 6.25. The molecular formula is C31H44N2O8. The van der Waals surface area contributed by atoms with E-state index < -0.39 is 0 Å². The maximum Gasteiger partial charge on any atom is 0.122 e. The summed E-state index contributed by atoms with van der Waals surface area (Å²) in [6.07, 6.45) is 0. The van der Waals surface area contributed by atoms with Gasteiger partial charge in [-0.2, -0.15) is 0 Å². The molecule has 10 nitrogen and oxygen atoms in total. The van der Waals surface area contributed by atoms with E-state index in [2.05, 4.69) is 18.2 Å². The molecule has 0 amide bonds. The monoisotopic (exact) mass is 572 g/mol. The van der Waals surface area contributed by atoms with Crippen molar-refractivity contribution in [3.8, 4) is 17.0 Å². The van der Waals surface area contributed by atoms with Gasteiger partial charge in [0.15, 0.2) is 0 Å². The molecule has 0 fully saturated rings. The summed E-state index contributed by atoms with van der Waals surface area (Å²) >= 11 is 0. The zero-order valence-electron chi connectivity index (χ0n) is 24.8. The molecule has 0 unspecified atom stereocenters. The molecule has 0 radical (unpaired) electrons. The molecule has 41 heavy (non-hydrogen) atoms. The van der Waals surface area contributed by atoms with Gasteiger partial charge in [-0.05, 0) is 55.7 Å². The largest absolute Gasteiger partial charge is 0.491 e. The van der Waals surface area contributed by atoms with E-state index in [1.54, 1.807) is 7.11 Å². The SMILES string of the molecule is COCCOCCOCCOc1ccc(-c2nc3c(C)ccc(C)c3nc2COCCOCCOCCO)cc1C. The Bertz CT molecular complexity index is 1190. The second-order valence-corrected chi connectivity index (χ2v) is 9.46. The quantitative estimate of drug-likeness (QED) is 0.189.